The van der Waals surface area contributed by atoms with E-state index in [0.717, 1.165) is 50.9 Å². The first-order valence-corrected chi connectivity index (χ1v) is 8.49. The second kappa shape index (κ2) is 7.58. The zero-order valence-electron chi connectivity index (χ0n) is 13.6. The summed E-state index contributed by atoms with van der Waals surface area (Å²) in [5.41, 5.74) is 1.59. The fourth-order valence-electron chi connectivity index (χ4n) is 3.11. The summed E-state index contributed by atoms with van der Waals surface area (Å²) in [5, 5.41) is 3.38. The molecule has 0 bridgehead atoms. The first kappa shape index (κ1) is 15.3. The van der Waals surface area contributed by atoms with E-state index < -0.39 is 0 Å². The van der Waals surface area contributed by atoms with Crippen LogP contribution in [-0.4, -0.2) is 54.6 Å². The summed E-state index contributed by atoms with van der Waals surface area (Å²) >= 11 is 0. The Morgan fingerprint density at radius 1 is 1.18 bits per heavy atom. The third-order valence-corrected chi connectivity index (χ3v) is 4.58. The van der Waals surface area contributed by atoms with E-state index in [0.29, 0.717) is 0 Å². The fraction of sp³-hybridized carbons (Fsp3) is 0.647. The van der Waals surface area contributed by atoms with Crippen LogP contribution in [-0.2, 0) is 0 Å². The van der Waals surface area contributed by atoms with Crippen LogP contribution < -0.4 is 10.2 Å². The minimum atomic E-state index is 0.757. The molecule has 1 saturated heterocycles. The Kier molecular flexibility index (Phi) is 5.27. The molecule has 5 nitrogen and oxygen atoms in total. The van der Waals surface area contributed by atoms with Crippen molar-refractivity contribution in [3.8, 4) is 0 Å². The molecule has 2 aliphatic rings. The lowest BCUT2D eigenvalue weighted by Crippen LogP contribution is -2.44. The molecule has 0 aromatic carbocycles. The van der Waals surface area contributed by atoms with Gasteiger partial charge in [0.05, 0.1) is 0 Å². The minimum absolute atomic E-state index is 0.757. The second-order valence-electron chi connectivity index (χ2n) is 6.31. The molecule has 1 aromatic rings. The van der Waals surface area contributed by atoms with Gasteiger partial charge in [0, 0.05) is 38.9 Å². The van der Waals surface area contributed by atoms with Gasteiger partial charge in [0.2, 0.25) is 5.95 Å². The Morgan fingerprint density at radius 3 is 2.82 bits per heavy atom. The van der Waals surface area contributed by atoms with E-state index in [-0.39, 0.29) is 0 Å². The summed E-state index contributed by atoms with van der Waals surface area (Å²) in [5.74, 6) is 1.80. The van der Waals surface area contributed by atoms with E-state index >= 15 is 0 Å². The third-order valence-electron chi connectivity index (χ3n) is 4.58. The average Bonchev–Trinajstić information content (AvgIpc) is 2.57. The molecule has 0 saturated carbocycles. The number of hydrogen-bond acceptors (Lipinski definition) is 5. The topological polar surface area (TPSA) is 44.3 Å². The number of nitrogens with one attached hydrogen (secondary N) is 1. The summed E-state index contributed by atoms with van der Waals surface area (Å²) in [6.07, 6.45) is 10.6. The second-order valence-corrected chi connectivity index (χ2v) is 6.31. The molecule has 0 atom stereocenters. The molecule has 1 N–H and O–H groups in total. The number of piperazine rings is 1. The highest BCUT2D eigenvalue weighted by Gasteiger charge is 2.15. The van der Waals surface area contributed by atoms with Crippen molar-refractivity contribution >= 4 is 11.8 Å². The Hall–Kier alpha value is -1.62. The van der Waals surface area contributed by atoms with Crippen LogP contribution >= 0.6 is 0 Å². The van der Waals surface area contributed by atoms with Crippen molar-refractivity contribution in [1.29, 1.82) is 0 Å². The SMILES string of the molecule is CN1CCN(c2ccnc(NCCC3=CCCCC3)n2)CC1. The van der Waals surface area contributed by atoms with Gasteiger partial charge in [-0.3, -0.25) is 0 Å². The van der Waals surface area contributed by atoms with Crippen LogP contribution in [0.15, 0.2) is 23.9 Å². The monoisotopic (exact) mass is 301 g/mol. The van der Waals surface area contributed by atoms with Crippen molar-refractivity contribution in [3.05, 3.63) is 23.9 Å². The molecule has 120 valence electrons. The van der Waals surface area contributed by atoms with Gasteiger partial charge in [-0.05, 0) is 45.2 Å². The summed E-state index contributed by atoms with van der Waals surface area (Å²) in [4.78, 5) is 13.7. The number of anilines is 2. The maximum Gasteiger partial charge on any atom is 0.224 e. The van der Waals surface area contributed by atoms with E-state index in [1.165, 1.54) is 25.7 Å². The number of rotatable bonds is 5. The van der Waals surface area contributed by atoms with E-state index in [4.69, 9.17) is 0 Å². The minimum Gasteiger partial charge on any atom is -0.354 e. The highest BCUT2D eigenvalue weighted by atomic mass is 15.3. The average molecular weight is 301 g/mol. The van der Waals surface area contributed by atoms with Gasteiger partial charge in [-0.15, -0.1) is 0 Å². The lowest BCUT2D eigenvalue weighted by molar-refractivity contribution is 0.312. The van der Waals surface area contributed by atoms with E-state index in [9.17, 15) is 0 Å². The molecule has 1 fully saturated rings. The van der Waals surface area contributed by atoms with Gasteiger partial charge in [-0.2, -0.15) is 4.98 Å². The standard InChI is InChI=1S/C17H27N5/c1-21-11-13-22(14-12-21)16-8-10-19-17(20-16)18-9-7-15-5-3-2-4-6-15/h5,8,10H,2-4,6-7,9,11-14H2,1H3,(H,18,19,20). The maximum absolute atomic E-state index is 4.67. The highest BCUT2D eigenvalue weighted by molar-refractivity contribution is 5.43. The van der Waals surface area contributed by atoms with Gasteiger partial charge in [-0.1, -0.05) is 11.6 Å². The van der Waals surface area contributed by atoms with E-state index in [2.05, 4.69) is 38.2 Å². The Labute approximate surface area is 133 Å². The van der Waals surface area contributed by atoms with Crippen molar-refractivity contribution in [2.24, 2.45) is 0 Å². The predicted octanol–water partition coefficient (Wildman–Crippen LogP) is 2.53. The molecule has 1 aromatic heterocycles. The summed E-state index contributed by atoms with van der Waals surface area (Å²) < 4.78 is 0. The smallest absolute Gasteiger partial charge is 0.224 e. The largest absolute Gasteiger partial charge is 0.354 e. The van der Waals surface area contributed by atoms with E-state index in [1.54, 1.807) is 5.57 Å². The number of aromatic nitrogens is 2. The zero-order valence-corrected chi connectivity index (χ0v) is 13.6. The normalized spacial score (nSPS) is 19.9. The molecule has 3 rings (SSSR count). The highest BCUT2D eigenvalue weighted by Crippen LogP contribution is 2.20. The lowest BCUT2D eigenvalue weighted by atomic mass is 9.97. The molecule has 0 radical (unpaired) electrons. The first-order chi connectivity index (χ1) is 10.8. The molecule has 0 spiro atoms. The lowest BCUT2D eigenvalue weighted by Gasteiger charge is -2.33. The van der Waals surface area contributed by atoms with Crippen LogP contribution in [0.1, 0.15) is 32.1 Å². The molecule has 1 aliphatic carbocycles. The zero-order chi connectivity index (χ0) is 15.2. The molecule has 5 heteroatoms. The number of nitrogens with zero attached hydrogens (tertiary/aromatic N) is 4. The van der Waals surface area contributed by atoms with Crippen LogP contribution in [0.2, 0.25) is 0 Å². The molecule has 22 heavy (non-hydrogen) atoms. The van der Waals surface area contributed by atoms with Crippen molar-refractivity contribution < 1.29 is 0 Å². The van der Waals surface area contributed by atoms with Gasteiger partial charge in [-0.25, -0.2) is 4.98 Å². The molecule has 0 unspecified atom stereocenters. The van der Waals surface area contributed by atoms with Gasteiger partial charge < -0.3 is 15.1 Å². The molecule has 0 amide bonds. The van der Waals surface area contributed by atoms with Gasteiger partial charge in [0.25, 0.3) is 0 Å². The Balaban J connectivity index is 1.51. The van der Waals surface area contributed by atoms with Gasteiger partial charge in [0.15, 0.2) is 0 Å². The van der Waals surface area contributed by atoms with Crippen LogP contribution in [0.4, 0.5) is 11.8 Å². The maximum atomic E-state index is 4.67. The van der Waals surface area contributed by atoms with Gasteiger partial charge >= 0.3 is 0 Å². The van der Waals surface area contributed by atoms with Gasteiger partial charge in [0.1, 0.15) is 5.82 Å². The predicted molar refractivity (Wildman–Crippen MR) is 91.4 cm³/mol. The number of hydrogen-bond donors (Lipinski definition) is 1. The Morgan fingerprint density at radius 2 is 2.05 bits per heavy atom. The molecular weight excluding hydrogens is 274 g/mol. The van der Waals surface area contributed by atoms with E-state index in [1.807, 2.05) is 12.3 Å². The molecule has 1 aliphatic heterocycles. The quantitative estimate of drug-likeness (QED) is 0.847. The van der Waals surface area contributed by atoms with Crippen molar-refractivity contribution in [2.75, 3.05) is 50.0 Å². The third kappa shape index (κ3) is 4.19. The first-order valence-electron chi connectivity index (χ1n) is 8.49. The molecule has 2 heterocycles. The summed E-state index contributed by atoms with van der Waals surface area (Å²) in [6.45, 7) is 5.21. The Bertz CT molecular complexity index is 506. The number of likely N-dealkylation sites (N-methyl/N-ethyl adjacent to an activating group) is 1. The van der Waals surface area contributed by atoms with Crippen LogP contribution in [0.5, 0.6) is 0 Å². The van der Waals surface area contributed by atoms with Crippen molar-refractivity contribution in [1.82, 2.24) is 14.9 Å². The van der Waals surface area contributed by atoms with Crippen molar-refractivity contribution in [3.63, 3.8) is 0 Å². The van der Waals surface area contributed by atoms with Crippen LogP contribution in [0.25, 0.3) is 0 Å². The summed E-state index contributed by atoms with van der Waals surface area (Å²) in [7, 11) is 2.17. The van der Waals surface area contributed by atoms with Crippen molar-refractivity contribution in [2.45, 2.75) is 32.1 Å². The fourth-order valence-corrected chi connectivity index (χ4v) is 3.11. The summed E-state index contributed by atoms with van der Waals surface area (Å²) in [6, 6.07) is 2.01. The van der Waals surface area contributed by atoms with Crippen LogP contribution in [0, 0.1) is 0 Å². The van der Waals surface area contributed by atoms with Crippen LogP contribution in [0.3, 0.4) is 0 Å². The molecular formula is C17H27N5. The number of allylic oxidation sites excluding steroid dienone is 1.